The van der Waals surface area contributed by atoms with E-state index in [4.69, 9.17) is 4.74 Å². The number of Topliss-reactive ketones (excluding diaryl/α,β-unsaturated/α-hetero) is 2. The Morgan fingerprint density at radius 1 is 1.23 bits per heavy atom. The highest BCUT2D eigenvalue weighted by atomic mass is 32.3. The van der Waals surface area contributed by atoms with Gasteiger partial charge in [-0.3, -0.25) is 18.6 Å². The lowest BCUT2D eigenvalue weighted by molar-refractivity contribution is -0.151. The maximum atomic E-state index is 12.4. The number of carbonyl (C=O) groups excluding carboxylic acids is 3. The Balaban J connectivity index is 2.56. The molecule has 0 bridgehead atoms. The molecule has 2 atom stereocenters. The summed E-state index contributed by atoms with van der Waals surface area (Å²) < 4.78 is 36.1. The quantitative estimate of drug-likeness (QED) is 0.548. The molecular weight excluding hydrogens is 364 g/mol. The van der Waals surface area contributed by atoms with Gasteiger partial charge in [-0.15, -0.1) is 0 Å². The van der Waals surface area contributed by atoms with Crippen molar-refractivity contribution in [2.75, 3.05) is 13.7 Å². The molecule has 1 fully saturated rings. The van der Waals surface area contributed by atoms with E-state index in [1.54, 1.807) is 0 Å². The van der Waals surface area contributed by atoms with Crippen LogP contribution in [0.4, 0.5) is 0 Å². The number of rotatable bonds is 9. The molecule has 1 saturated heterocycles. The molecule has 150 valence electrons. The lowest BCUT2D eigenvalue weighted by Gasteiger charge is -2.21. The molecule has 0 aromatic rings. The predicted molar refractivity (Wildman–Crippen MR) is 92.5 cm³/mol. The van der Waals surface area contributed by atoms with Gasteiger partial charge in [-0.05, 0) is 25.7 Å². The molecule has 0 aromatic heterocycles. The van der Waals surface area contributed by atoms with Crippen LogP contribution in [-0.2, 0) is 37.9 Å². The van der Waals surface area contributed by atoms with E-state index in [0.717, 1.165) is 13.5 Å². The fraction of sp³-hybridized carbons (Fsp3) is 0.824. The second-order valence-corrected chi connectivity index (χ2v) is 7.77. The van der Waals surface area contributed by atoms with E-state index in [1.165, 1.54) is 0 Å². The van der Waals surface area contributed by atoms with Crippen LogP contribution in [0.3, 0.4) is 0 Å². The number of carbonyl (C=O) groups is 3. The third-order valence-electron chi connectivity index (χ3n) is 4.30. The largest absolute Gasteiger partial charge is 0.462 e. The van der Waals surface area contributed by atoms with E-state index >= 15 is 0 Å². The number of hydrogen-bond donors (Lipinski definition) is 0. The molecule has 1 aliphatic rings. The van der Waals surface area contributed by atoms with Gasteiger partial charge >= 0.3 is 16.4 Å². The first-order valence-electron chi connectivity index (χ1n) is 8.96. The van der Waals surface area contributed by atoms with Crippen molar-refractivity contribution in [2.45, 2.75) is 70.8 Å². The van der Waals surface area contributed by atoms with Crippen molar-refractivity contribution in [3.63, 3.8) is 0 Å². The van der Waals surface area contributed by atoms with Crippen LogP contribution in [0, 0.1) is 5.92 Å². The molecule has 1 aliphatic heterocycles. The molecule has 2 unspecified atom stereocenters. The first-order valence-corrected chi connectivity index (χ1v) is 10.3. The Labute approximate surface area is 154 Å². The van der Waals surface area contributed by atoms with Crippen molar-refractivity contribution >= 4 is 27.9 Å². The zero-order valence-corrected chi connectivity index (χ0v) is 16.2. The van der Waals surface area contributed by atoms with Gasteiger partial charge in [0.15, 0.2) is 0 Å². The van der Waals surface area contributed by atoms with Crippen LogP contribution in [0.15, 0.2) is 0 Å². The summed E-state index contributed by atoms with van der Waals surface area (Å²) in [5.74, 6) is -0.974. The highest BCUT2D eigenvalue weighted by molar-refractivity contribution is 7.81. The molecule has 9 heteroatoms. The van der Waals surface area contributed by atoms with Gasteiger partial charge in [-0.25, -0.2) is 4.18 Å². The number of cyclic esters (lactones) is 1. The van der Waals surface area contributed by atoms with Gasteiger partial charge in [-0.1, -0.05) is 13.3 Å². The van der Waals surface area contributed by atoms with Crippen molar-refractivity contribution in [1.82, 2.24) is 0 Å². The van der Waals surface area contributed by atoms with Crippen LogP contribution in [0.2, 0.25) is 0 Å². The molecule has 0 saturated carbocycles. The third kappa shape index (κ3) is 8.86. The topological polar surface area (TPSA) is 113 Å². The maximum Gasteiger partial charge on any atom is 0.399 e. The molecule has 0 aliphatic carbocycles. The Bertz CT molecular complexity index is 584. The molecule has 0 N–H and O–H groups in total. The predicted octanol–water partition coefficient (Wildman–Crippen LogP) is 2.10. The Morgan fingerprint density at radius 3 is 2.62 bits per heavy atom. The number of hydrogen-bond acceptors (Lipinski definition) is 8. The average molecular weight is 392 g/mol. The number of esters is 1. The molecule has 0 radical (unpaired) electrons. The molecule has 1 heterocycles. The summed E-state index contributed by atoms with van der Waals surface area (Å²) in [6.07, 6.45) is 3.13. The van der Waals surface area contributed by atoms with Crippen molar-refractivity contribution in [2.24, 2.45) is 5.92 Å². The first-order chi connectivity index (χ1) is 12.3. The van der Waals surface area contributed by atoms with Crippen molar-refractivity contribution in [3.8, 4) is 0 Å². The summed E-state index contributed by atoms with van der Waals surface area (Å²) in [5, 5.41) is 0. The highest BCUT2D eigenvalue weighted by Gasteiger charge is 2.25. The van der Waals surface area contributed by atoms with Crippen LogP contribution >= 0.6 is 0 Å². The SMILES string of the molecule is CCCC1CCC(=O)C(CC(=O)CCOS(=O)(=O)OC)CCCC(=O)O1. The second kappa shape index (κ2) is 11.4. The van der Waals surface area contributed by atoms with Crippen LogP contribution in [0.25, 0.3) is 0 Å². The zero-order chi connectivity index (χ0) is 19.6. The molecule has 0 aromatic carbocycles. The lowest BCUT2D eigenvalue weighted by Crippen LogP contribution is -2.25. The number of ether oxygens (including phenoxy) is 1. The van der Waals surface area contributed by atoms with Crippen molar-refractivity contribution in [3.05, 3.63) is 0 Å². The van der Waals surface area contributed by atoms with Crippen molar-refractivity contribution in [1.29, 1.82) is 0 Å². The van der Waals surface area contributed by atoms with Gasteiger partial charge < -0.3 is 4.74 Å². The van der Waals surface area contributed by atoms with Gasteiger partial charge in [0.1, 0.15) is 17.7 Å². The Morgan fingerprint density at radius 2 is 1.96 bits per heavy atom. The van der Waals surface area contributed by atoms with Crippen LogP contribution in [-0.4, -0.2) is 45.8 Å². The minimum atomic E-state index is -4.07. The molecule has 8 nitrogen and oxygen atoms in total. The standard InChI is InChI=1S/C17H28O8S/c1-3-5-15-8-9-16(19)13(6-4-7-17(20)25-15)12-14(18)10-11-24-26(21,22)23-2/h13,15H,3-12H2,1-2H3. The number of ketones is 2. The van der Waals surface area contributed by atoms with Gasteiger partial charge in [0.05, 0.1) is 13.7 Å². The van der Waals surface area contributed by atoms with Crippen LogP contribution in [0.5, 0.6) is 0 Å². The van der Waals surface area contributed by atoms with E-state index < -0.39 is 16.3 Å². The zero-order valence-electron chi connectivity index (χ0n) is 15.4. The van der Waals surface area contributed by atoms with E-state index in [1.807, 2.05) is 6.92 Å². The summed E-state index contributed by atoms with van der Waals surface area (Å²) in [5.41, 5.74) is 0. The third-order valence-corrected chi connectivity index (χ3v) is 5.16. The molecule has 1 rings (SSSR count). The molecule has 0 amide bonds. The summed E-state index contributed by atoms with van der Waals surface area (Å²) in [7, 11) is -3.10. The van der Waals surface area contributed by atoms with E-state index in [0.29, 0.717) is 25.7 Å². The van der Waals surface area contributed by atoms with Crippen LogP contribution in [0.1, 0.15) is 64.7 Å². The molecule has 0 spiro atoms. The lowest BCUT2D eigenvalue weighted by atomic mass is 9.88. The summed E-state index contributed by atoms with van der Waals surface area (Å²) in [6.45, 7) is 1.67. The normalized spacial score (nSPS) is 22.7. The Kier molecular flexibility index (Phi) is 9.97. The van der Waals surface area contributed by atoms with E-state index in [9.17, 15) is 22.8 Å². The minimum absolute atomic E-state index is 0.0113. The fourth-order valence-corrected chi connectivity index (χ4v) is 3.27. The maximum absolute atomic E-state index is 12.4. The summed E-state index contributed by atoms with van der Waals surface area (Å²) in [6, 6.07) is 0. The fourth-order valence-electron chi connectivity index (χ4n) is 2.89. The highest BCUT2D eigenvalue weighted by Crippen LogP contribution is 2.22. The molecular formula is C17H28O8S. The smallest absolute Gasteiger partial charge is 0.399 e. The van der Waals surface area contributed by atoms with Gasteiger partial charge in [0, 0.05) is 31.6 Å². The van der Waals surface area contributed by atoms with Gasteiger partial charge in [0.2, 0.25) is 0 Å². The van der Waals surface area contributed by atoms with Crippen LogP contribution < -0.4 is 0 Å². The minimum Gasteiger partial charge on any atom is -0.462 e. The second-order valence-electron chi connectivity index (χ2n) is 6.38. The van der Waals surface area contributed by atoms with E-state index in [-0.39, 0.29) is 55.9 Å². The monoisotopic (exact) mass is 392 g/mol. The van der Waals surface area contributed by atoms with E-state index in [2.05, 4.69) is 8.37 Å². The first kappa shape index (κ1) is 22.7. The Hall–Kier alpha value is -1.32. The van der Waals surface area contributed by atoms with Gasteiger partial charge in [-0.2, -0.15) is 8.42 Å². The summed E-state index contributed by atoms with van der Waals surface area (Å²) >= 11 is 0. The summed E-state index contributed by atoms with van der Waals surface area (Å²) in [4.78, 5) is 36.3. The average Bonchev–Trinajstić information content (AvgIpc) is 2.58. The molecule has 26 heavy (non-hydrogen) atoms. The van der Waals surface area contributed by atoms with Gasteiger partial charge in [0.25, 0.3) is 0 Å². The van der Waals surface area contributed by atoms with Crippen molar-refractivity contribution < 1.29 is 35.9 Å².